The Morgan fingerprint density at radius 3 is 2.45 bits per heavy atom. The molecule has 0 amide bonds. The Kier molecular flexibility index (Phi) is 2.35. The monoisotopic (exact) mass is 173 g/mol. The normalized spacial score (nSPS) is 9.82. The summed E-state index contributed by atoms with van der Waals surface area (Å²) in [5.41, 5.74) is 0.701. The van der Waals surface area contributed by atoms with E-state index in [9.17, 15) is 4.39 Å². The molecule has 1 aromatic carbocycles. The van der Waals surface area contributed by atoms with Crippen LogP contribution >= 0.6 is 11.6 Å². The van der Waals surface area contributed by atoms with E-state index in [0.29, 0.717) is 10.7 Å². The first-order chi connectivity index (χ1) is 5.11. The maximum Gasteiger partial charge on any atom is 0.125 e. The third-order valence-corrected chi connectivity index (χ3v) is 1.71. The lowest BCUT2D eigenvalue weighted by atomic mass is 10.3. The Balaban J connectivity index is 3.13. The fourth-order valence-corrected chi connectivity index (χ4v) is 1.12. The highest BCUT2D eigenvalue weighted by Crippen LogP contribution is 2.24. The number of anilines is 1. The molecule has 0 unspecified atom stereocenters. The van der Waals surface area contributed by atoms with Gasteiger partial charge in [-0.05, 0) is 18.2 Å². The fourth-order valence-electron chi connectivity index (χ4n) is 0.829. The fraction of sp³-hybridized carbons (Fsp3) is 0.250. The molecule has 0 aliphatic carbocycles. The SMILES string of the molecule is CN(C)c1cc(F)ccc1Cl. The van der Waals surface area contributed by atoms with Gasteiger partial charge in [0.15, 0.2) is 0 Å². The molecule has 1 rings (SSSR count). The average molecular weight is 174 g/mol. The van der Waals surface area contributed by atoms with Gasteiger partial charge in [-0.3, -0.25) is 0 Å². The molecule has 0 heterocycles. The van der Waals surface area contributed by atoms with Gasteiger partial charge >= 0.3 is 0 Å². The van der Waals surface area contributed by atoms with E-state index in [4.69, 9.17) is 11.6 Å². The van der Waals surface area contributed by atoms with E-state index in [1.165, 1.54) is 12.1 Å². The maximum atomic E-state index is 12.6. The molecule has 0 aliphatic rings. The van der Waals surface area contributed by atoms with Crippen molar-refractivity contribution in [1.29, 1.82) is 0 Å². The van der Waals surface area contributed by atoms with Gasteiger partial charge in [-0.25, -0.2) is 4.39 Å². The summed E-state index contributed by atoms with van der Waals surface area (Å²) in [6.07, 6.45) is 0. The van der Waals surface area contributed by atoms with Crippen LogP contribution in [0.2, 0.25) is 5.02 Å². The van der Waals surface area contributed by atoms with Gasteiger partial charge in [0.2, 0.25) is 0 Å². The van der Waals surface area contributed by atoms with Crippen LogP contribution in [-0.4, -0.2) is 14.1 Å². The molecule has 3 heteroatoms. The highest BCUT2D eigenvalue weighted by molar-refractivity contribution is 6.33. The van der Waals surface area contributed by atoms with Gasteiger partial charge in [0, 0.05) is 14.1 Å². The Morgan fingerprint density at radius 2 is 2.00 bits per heavy atom. The molecule has 0 aromatic heterocycles. The first kappa shape index (κ1) is 8.34. The van der Waals surface area contributed by atoms with Crippen LogP contribution < -0.4 is 4.90 Å². The van der Waals surface area contributed by atoms with Gasteiger partial charge in [0.25, 0.3) is 0 Å². The number of rotatable bonds is 1. The van der Waals surface area contributed by atoms with Crippen molar-refractivity contribution in [2.24, 2.45) is 0 Å². The minimum Gasteiger partial charge on any atom is -0.376 e. The van der Waals surface area contributed by atoms with Crippen molar-refractivity contribution in [3.63, 3.8) is 0 Å². The molecule has 0 bridgehead atoms. The topological polar surface area (TPSA) is 3.24 Å². The summed E-state index contributed by atoms with van der Waals surface area (Å²) in [4.78, 5) is 1.77. The first-order valence-electron chi connectivity index (χ1n) is 3.23. The van der Waals surface area contributed by atoms with Crippen molar-refractivity contribution in [1.82, 2.24) is 0 Å². The van der Waals surface area contributed by atoms with Crippen molar-refractivity contribution in [3.8, 4) is 0 Å². The van der Waals surface area contributed by atoms with Crippen molar-refractivity contribution in [3.05, 3.63) is 29.0 Å². The lowest BCUT2D eigenvalue weighted by Gasteiger charge is -2.13. The molecule has 0 atom stereocenters. The Bertz CT molecular complexity index is 260. The van der Waals surface area contributed by atoms with E-state index < -0.39 is 0 Å². The van der Waals surface area contributed by atoms with Crippen LogP contribution in [0.4, 0.5) is 10.1 Å². The van der Waals surface area contributed by atoms with E-state index in [0.717, 1.165) is 0 Å². The molecule has 1 aromatic rings. The van der Waals surface area contributed by atoms with Crippen molar-refractivity contribution in [2.75, 3.05) is 19.0 Å². The van der Waals surface area contributed by atoms with Gasteiger partial charge < -0.3 is 4.90 Å². The summed E-state index contributed by atoms with van der Waals surface area (Å²) in [7, 11) is 3.64. The number of hydrogen-bond donors (Lipinski definition) is 0. The van der Waals surface area contributed by atoms with E-state index in [-0.39, 0.29) is 5.82 Å². The molecule has 0 saturated carbocycles. The maximum absolute atomic E-state index is 12.6. The highest BCUT2D eigenvalue weighted by atomic mass is 35.5. The average Bonchev–Trinajstić information content (AvgIpc) is 1.94. The molecule has 0 N–H and O–H groups in total. The van der Waals surface area contributed by atoms with Gasteiger partial charge in [-0.2, -0.15) is 0 Å². The lowest BCUT2D eigenvalue weighted by molar-refractivity contribution is 0.627. The number of nitrogens with zero attached hydrogens (tertiary/aromatic N) is 1. The number of halogens is 2. The van der Waals surface area contributed by atoms with Crippen LogP contribution in [0, 0.1) is 5.82 Å². The Labute approximate surface area is 70.4 Å². The Morgan fingerprint density at radius 1 is 1.36 bits per heavy atom. The molecule has 0 spiro atoms. The van der Waals surface area contributed by atoms with Crippen molar-refractivity contribution >= 4 is 17.3 Å². The molecule has 11 heavy (non-hydrogen) atoms. The second-order valence-corrected chi connectivity index (χ2v) is 2.90. The summed E-state index contributed by atoms with van der Waals surface area (Å²) in [6.45, 7) is 0. The zero-order chi connectivity index (χ0) is 8.43. The van der Waals surface area contributed by atoms with E-state index >= 15 is 0 Å². The summed E-state index contributed by atoms with van der Waals surface area (Å²) in [5, 5.41) is 0.566. The van der Waals surface area contributed by atoms with Crippen LogP contribution in [0.1, 0.15) is 0 Å². The van der Waals surface area contributed by atoms with Crippen LogP contribution in [0.3, 0.4) is 0 Å². The largest absolute Gasteiger partial charge is 0.376 e. The minimum absolute atomic E-state index is 0.266. The third kappa shape index (κ3) is 1.84. The smallest absolute Gasteiger partial charge is 0.125 e. The number of hydrogen-bond acceptors (Lipinski definition) is 1. The summed E-state index contributed by atoms with van der Waals surface area (Å²) < 4.78 is 12.6. The zero-order valence-corrected chi connectivity index (χ0v) is 7.19. The Hall–Kier alpha value is -0.760. The summed E-state index contributed by atoms with van der Waals surface area (Å²) in [6, 6.07) is 4.30. The van der Waals surface area contributed by atoms with Crippen LogP contribution in [0.15, 0.2) is 18.2 Å². The molecular weight excluding hydrogens is 165 g/mol. The van der Waals surface area contributed by atoms with E-state index in [1.807, 2.05) is 14.1 Å². The van der Waals surface area contributed by atoms with Crippen molar-refractivity contribution < 1.29 is 4.39 Å². The molecule has 0 radical (unpaired) electrons. The van der Waals surface area contributed by atoms with E-state index in [2.05, 4.69) is 0 Å². The molecule has 0 fully saturated rings. The molecular formula is C8H9ClFN. The lowest BCUT2D eigenvalue weighted by Crippen LogP contribution is -2.09. The molecule has 1 nitrogen and oxygen atoms in total. The summed E-state index contributed by atoms with van der Waals surface area (Å²) in [5.74, 6) is -0.266. The zero-order valence-electron chi connectivity index (χ0n) is 6.44. The van der Waals surface area contributed by atoms with Gasteiger partial charge in [-0.15, -0.1) is 0 Å². The van der Waals surface area contributed by atoms with Gasteiger partial charge in [-0.1, -0.05) is 11.6 Å². The second kappa shape index (κ2) is 3.09. The first-order valence-corrected chi connectivity index (χ1v) is 3.61. The van der Waals surface area contributed by atoms with Crippen molar-refractivity contribution in [2.45, 2.75) is 0 Å². The standard InChI is InChI=1S/C8H9ClFN/c1-11(2)8-5-6(10)3-4-7(8)9/h3-5H,1-2H3. The highest BCUT2D eigenvalue weighted by Gasteiger charge is 2.02. The van der Waals surface area contributed by atoms with E-state index in [1.54, 1.807) is 11.0 Å². The van der Waals surface area contributed by atoms with Gasteiger partial charge in [0.05, 0.1) is 10.7 Å². The number of benzene rings is 1. The predicted octanol–water partition coefficient (Wildman–Crippen LogP) is 2.55. The quantitative estimate of drug-likeness (QED) is 0.631. The second-order valence-electron chi connectivity index (χ2n) is 2.49. The van der Waals surface area contributed by atoms with Crippen LogP contribution in [0.5, 0.6) is 0 Å². The minimum atomic E-state index is -0.266. The van der Waals surface area contributed by atoms with Gasteiger partial charge in [0.1, 0.15) is 5.82 Å². The molecule has 0 aliphatic heterocycles. The third-order valence-electron chi connectivity index (χ3n) is 1.39. The van der Waals surface area contributed by atoms with Crippen LogP contribution in [-0.2, 0) is 0 Å². The van der Waals surface area contributed by atoms with Crippen LogP contribution in [0.25, 0.3) is 0 Å². The molecule has 60 valence electrons. The predicted molar refractivity (Wildman–Crippen MR) is 45.7 cm³/mol. The summed E-state index contributed by atoms with van der Waals surface area (Å²) >= 11 is 5.78. The molecule has 0 saturated heterocycles.